The Labute approximate surface area is 165 Å². The number of carbonyl (C=O) groups is 2. The largest absolute Gasteiger partial charge is 0.355 e. The maximum Gasteiger partial charge on any atom is 0.234 e. The summed E-state index contributed by atoms with van der Waals surface area (Å²) in [6, 6.07) is 7.83. The smallest absolute Gasteiger partial charge is 0.234 e. The Kier molecular flexibility index (Phi) is 8.93. The van der Waals surface area contributed by atoms with Crippen LogP contribution in [0.3, 0.4) is 0 Å². The lowest BCUT2D eigenvalue weighted by Gasteiger charge is -2.05. The van der Waals surface area contributed by atoms with Crippen LogP contribution in [0.2, 0.25) is 0 Å². The Hall–Kier alpha value is -1.58. The van der Waals surface area contributed by atoms with E-state index in [0.717, 1.165) is 27.2 Å². The van der Waals surface area contributed by atoms with Crippen molar-refractivity contribution in [1.29, 1.82) is 0 Å². The summed E-state index contributed by atoms with van der Waals surface area (Å²) in [5.74, 6) is 0.511. The summed E-state index contributed by atoms with van der Waals surface area (Å²) in [4.78, 5) is 23.6. The topological polar surface area (TPSA) is 84.0 Å². The number of thioether (sulfide) groups is 2. The first-order chi connectivity index (χ1) is 12.6. The van der Waals surface area contributed by atoms with Crippen LogP contribution in [0.4, 0.5) is 5.69 Å². The van der Waals surface area contributed by atoms with Gasteiger partial charge in [0.25, 0.3) is 0 Å². The number of nitrogens with zero attached hydrogens (tertiary/aromatic N) is 2. The monoisotopic (exact) mass is 410 g/mol. The number of aryl methyl sites for hydroxylation is 1. The van der Waals surface area contributed by atoms with E-state index in [2.05, 4.69) is 27.8 Å². The molecule has 140 valence electrons. The predicted octanol–water partition coefficient (Wildman–Crippen LogP) is 3.45. The lowest BCUT2D eigenvalue weighted by molar-refractivity contribution is -0.118. The molecule has 0 aliphatic rings. The van der Waals surface area contributed by atoms with Crippen molar-refractivity contribution in [2.45, 2.75) is 35.4 Å². The molecule has 2 aromatic rings. The number of hydrogen-bond acceptors (Lipinski definition) is 7. The van der Waals surface area contributed by atoms with Gasteiger partial charge in [-0.15, -0.1) is 10.2 Å². The number of amides is 2. The normalized spacial score (nSPS) is 10.5. The van der Waals surface area contributed by atoms with Crippen molar-refractivity contribution >= 4 is 52.4 Å². The predicted molar refractivity (Wildman–Crippen MR) is 109 cm³/mol. The first-order valence-corrected chi connectivity index (χ1v) is 11.1. The first-order valence-electron chi connectivity index (χ1n) is 8.35. The van der Waals surface area contributed by atoms with E-state index in [1.54, 1.807) is 0 Å². The van der Waals surface area contributed by atoms with Crippen molar-refractivity contribution in [2.24, 2.45) is 0 Å². The average Bonchev–Trinajstić information content (AvgIpc) is 3.11. The summed E-state index contributed by atoms with van der Waals surface area (Å²) in [5.41, 5.74) is 2.03. The molecule has 2 N–H and O–H groups in total. The van der Waals surface area contributed by atoms with Crippen molar-refractivity contribution in [2.75, 3.05) is 23.4 Å². The van der Waals surface area contributed by atoms with Gasteiger partial charge in [-0.3, -0.25) is 9.59 Å². The highest BCUT2D eigenvalue weighted by molar-refractivity contribution is 8.03. The second-order valence-corrected chi connectivity index (χ2v) is 8.78. The van der Waals surface area contributed by atoms with Gasteiger partial charge in [0.2, 0.25) is 11.8 Å². The molecule has 0 bridgehead atoms. The van der Waals surface area contributed by atoms with E-state index >= 15 is 0 Å². The van der Waals surface area contributed by atoms with Crippen LogP contribution in [0.15, 0.2) is 32.9 Å². The quantitative estimate of drug-likeness (QED) is 0.584. The van der Waals surface area contributed by atoms with E-state index < -0.39 is 0 Å². The number of hydrogen-bond donors (Lipinski definition) is 2. The number of aromatic nitrogens is 2. The second kappa shape index (κ2) is 11.2. The van der Waals surface area contributed by atoms with Crippen LogP contribution in [0.25, 0.3) is 0 Å². The highest BCUT2D eigenvalue weighted by Crippen LogP contribution is 2.28. The fraction of sp³-hybridized carbons (Fsp3) is 0.412. The van der Waals surface area contributed by atoms with Gasteiger partial charge >= 0.3 is 0 Å². The molecule has 0 fully saturated rings. The molecule has 0 unspecified atom stereocenters. The van der Waals surface area contributed by atoms with Crippen molar-refractivity contribution in [3.05, 3.63) is 29.8 Å². The van der Waals surface area contributed by atoms with E-state index in [0.29, 0.717) is 12.3 Å². The molecular formula is C17H22N4O2S3. The second-order valence-electron chi connectivity index (χ2n) is 5.36. The number of rotatable bonds is 10. The van der Waals surface area contributed by atoms with Crippen LogP contribution in [0.5, 0.6) is 0 Å². The molecule has 2 amide bonds. The van der Waals surface area contributed by atoms with Gasteiger partial charge in [0.1, 0.15) is 0 Å². The molecule has 0 saturated carbocycles. The lowest BCUT2D eigenvalue weighted by atomic mass is 10.1. The molecule has 0 saturated heterocycles. The van der Waals surface area contributed by atoms with Crippen LogP contribution in [0.1, 0.15) is 25.8 Å². The van der Waals surface area contributed by atoms with Crippen LogP contribution >= 0.6 is 34.9 Å². The molecule has 0 spiro atoms. The third-order valence-electron chi connectivity index (χ3n) is 3.26. The standard InChI is InChI=1S/C17H22N4O2S3/c1-3-9-18-14(22)10-24-16-20-21-17(26-16)25-11-15(23)19-13-7-5-12(4-2)6-8-13/h5-8H,3-4,9-11H2,1-2H3,(H,18,22)(H,19,23). The summed E-state index contributed by atoms with van der Waals surface area (Å²) < 4.78 is 1.45. The molecule has 2 rings (SSSR count). The minimum Gasteiger partial charge on any atom is -0.355 e. The molecule has 9 heteroatoms. The number of carbonyl (C=O) groups excluding carboxylic acids is 2. The minimum absolute atomic E-state index is 0.00489. The van der Waals surface area contributed by atoms with Crippen molar-refractivity contribution in [3.8, 4) is 0 Å². The molecule has 0 aliphatic carbocycles. The van der Waals surface area contributed by atoms with Crippen LogP contribution < -0.4 is 10.6 Å². The molecule has 0 atom stereocenters. The van der Waals surface area contributed by atoms with Crippen molar-refractivity contribution < 1.29 is 9.59 Å². The molecule has 1 aromatic heterocycles. The Morgan fingerprint density at radius 2 is 1.62 bits per heavy atom. The van der Waals surface area contributed by atoms with E-state index in [9.17, 15) is 9.59 Å². The highest BCUT2D eigenvalue weighted by atomic mass is 32.2. The number of benzene rings is 1. The van der Waals surface area contributed by atoms with Gasteiger partial charge in [0.15, 0.2) is 8.68 Å². The fourth-order valence-electron chi connectivity index (χ4n) is 1.90. The zero-order chi connectivity index (χ0) is 18.8. The number of anilines is 1. The molecular weight excluding hydrogens is 388 g/mol. The lowest BCUT2D eigenvalue weighted by Crippen LogP contribution is -2.25. The van der Waals surface area contributed by atoms with Gasteiger partial charge in [-0.1, -0.05) is 60.8 Å². The Balaban J connectivity index is 1.72. The average molecular weight is 411 g/mol. The van der Waals surface area contributed by atoms with Gasteiger partial charge in [0, 0.05) is 12.2 Å². The molecule has 6 nitrogen and oxygen atoms in total. The summed E-state index contributed by atoms with van der Waals surface area (Å²) in [6.45, 7) is 4.79. The minimum atomic E-state index is -0.0809. The Bertz CT molecular complexity index is 719. The van der Waals surface area contributed by atoms with E-state index in [1.165, 1.54) is 40.4 Å². The van der Waals surface area contributed by atoms with Crippen molar-refractivity contribution in [3.63, 3.8) is 0 Å². The zero-order valence-electron chi connectivity index (χ0n) is 14.8. The van der Waals surface area contributed by atoms with Gasteiger partial charge in [-0.05, 0) is 30.5 Å². The summed E-state index contributed by atoms with van der Waals surface area (Å²) in [6.07, 6.45) is 1.89. The van der Waals surface area contributed by atoms with Crippen LogP contribution in [-0.2, 0) is 16.0 Å². The van der Waals surface area contributed by atoms with Gasteiger partial charge in [-0.25, -0.2) is 0 Å². The maximum atomic E-state index is 12.0. The number of nitrogens with one attached hydrogen (secondary N) is 2. The van der Waals surface area contributed by atoms with Crippen molar-refractivity contribution in [1.82, 2.24) is 15.5 Å². The van der Waals surface area contributed by atoms with E-state index in [4.69, 9.17) is 0 Å². The van der Waals surface area contributed by atoms with Gasteiger partial charge in [-0.2, -0.15) is 0 Å². The fourth-order valence-corrected chi connectivity index (χ4v) is 4.55. The Morgan fingerprint density at radius 1 is 1.00 bits per heavy atom. The first kappa shape index (κ1) is 20.7. The molecule has 1 heterocycles. The SMILES string of the molecule is CCCNC(=O)CSc1nnc(SCC(=O)Nc2ccc(CC)cc2)s1. The molecule has 0 aliphatic heterocycles. The zero-order valence-corrected chi connectivity index (χ0v) is 17.2. The van der Waals surface area contributed by atoms with Crippen LogP contribution in [-0.4, -0.2) is 40.1 Å². The van der Waals surface area contributed by atoms with Crippen LogP contribution in [0, 0.1) is 0 Å². The maximum absolute atomic E-state index is 12.0. The summed E-state index contributed by atoms with van der Waals surface area (Å²) in [5, 5.41) is 13.8. The Morgan fingerprint density at radius 3 is 2.19 bits per heavy atom. The summed E-state index contributed by atoms with van der Waals surface area (Å²) >= 11 is 4.10. The van der Waals surface area contributed by atoms with Gasteiger partial charge in [0.05, 0.1) is 11.5 Å². The highest BCUT2D eigenvalue weighted by Gasteiger charge is 2.10. The molecule has 26 heavy (non-hydrogen) atoms. The van der Waals surface area contributed by atoms with Gasteiger partial charge < -0.3 is 10.6 Å². The third kappa shape index (κ3) is 7.35. The third-order valence-corrected chi connectivity index (χ3v) is 6.45. The molecule has 0 radical (unpaired) electrons. The molecule has 1 aromatic carbocycles. The van der Waals surface area contributed by atoms with E-state index in [1.807, 2.05) is 31.2 Å². The summed E-state index contributed by atoms with van der Waals surface area (Å²) in [7, 11) is 0. The van der Waals surface area contributed by atoms with E-state index in [-0.39, 0.29) is 17.6 Å².